The van der Waals surface area contributed by atoms with E-state index < -0.39 is 10.1 Å². The van der Waals surface area contributed by atoms with Gasteiger partial charge in [-0.3, -0.25) is 4.18 Å². The van der Waals surface area contributed by atoms with Crippen LogP contribution in [-0.2, 0) is 14.3 Å². The fraction of sp³-hybridized carbons (Fsp3) is 0.900. The standard InChI is InChI=1S/C10H21O3S/c1-3-5-7-9-13-14(11,12)10-8-6-4-2/h1,3-10H2,2H3. The van der Waals surface area contributed by atoms with Crippen molar-refractivity contribution in [3.63, 3.8) is 0 Å². The van der Waals surface area contributed by atoms with Crippen LogP contribution < -0.4 is 0 Å². The molecule has 0 aromatic carbocycles. The molecular formula is C10H21O3S. The van der Waals surface area contributed by atoms with Crippen molar-refractivity contribution >= 4 is 10.1 Å². The highest BCUT2D eigenvalue weighted by molar-refractivity contribution is 7.86. The minimum Gasteiger partial charge on any atom is -0.270 e. The molecule has 4 heteroatoms. The second kappa shape index (κ2) is 8.24. The molecule has 14 heavy (non-hydrogen) atoms. The lowest BCUT2D eigenvalue weighted by Gasteiger charge is -2.04. The van der Waals surface area contributed by atoms with Crippen molar-refractivity contribution < 1.29 is 12.6 Å². The Morgan fingerprint density at radius 2 is 1.86 bits per heavy atom. The van der Waals surface area contributed by atoms with Crippen molar-refractivity contribution in [2.45, 2.75) is 45.4 Å². The molecule has 0 saturated heterocycles. The van der Waals surface area contributed by atoms with Gasteiger partial charge in [0.15, 0.2) is 0 Å². The van der Waals surface area contributed by atoms with Crippen LogP contribution in [0, 0.1) is 6.92 Å². The van der Waals surface area contributed by atoms with Gasteiger partial charge in [-0.1, -0.05) is 39.5 Å². The molecular weight excluding hydrogens is 200 g/mol. The lowest BCUT2D eigenvalue weighted by atomic mass is 10.3. The van der Waals surface area contributed by atoms with Crippen molar-refractivity contribution in [2.75, 3.05) is 12.4 Å². The molecule has 0 amide bonds. The molecule has 0 heterocycles. The van der Waals surface area contributed by atoms with Crippen LogP contribution in [0.25, 0.3) is 0 Å². The predicted octanol–water partition coefficient (Wildman–Crippen LogP) is 2.53. The van der Waals surface area contributed by atoms with Gasteiger partial charge < -0.3 is 0 Å². The lowest BCUT2D eigenvalue weighted by molar-refractivity contribution is 0.308. The summed E-state index contributed by atoms with van der Waals surface area (Å²) in [5, 5.41) is 0. The van der Waals surface area contributed by atoms with Crippen molar-refractivity contribution in [3.05, 3.63) is 6.92 Å². The first kappa shape index (κ1) is 13.9. The highest BCUT2D eigenvalue weighted by Gasteiger charge is 2.09. The van der Waals surface area contributed by atoms with Gasteiger partial charge in [-0.2, -0.15) is 8.42 Å². The second-order valence-electron chi connectivity index (χ2n) is 3.35. The summed E-state index contributed by atoms with van der Waals surface area (Å²) in [6.45, 7) is 6.03. The average molecular weight is 221 g/mol. The summed E-state index contributed by atoms with van der Waals surface area (Å²) >= 11 is 0. The maximum atomic E-state index is 11.2. The summed E-state index contributed by atoms with van der Waals surface area (Å²) in [6.07, 6.45) is 5.20. The molecule has 0 aliphatic rings. The lowest BCUT2D eigenvalue weighted by Crippen LogP contribution is -2.11. The third kappa shape index (κ3) is 8.51. The van der Waals surface area contributed by atoms with Gasteiger partial charge in [-0.05, 0) is 12.8 Å². The summed E-state index contributed by atoms with van der Waals surface area (Å²) in [5.41, 5.74) is 0. The molecule has 0 aliphatic heterocycles. The Balaban J connectivity index is 3.52. The van der Waals surface area contributed by atoms with Crippen LogP contribution in [0.15, 0.2) is 0 Å². The third-order valence-corrected chi connectivity index (χ3v) is 3.22. The highest BCUT2D eigenvalue weighted by Crippen LogP contribution is 2.03. The van der Waals surface area contributed by atoms with E-state index in [-0.39, 0.29) is 5.75 Å². The number of hydrogen-bond acceptors (Lipinski definition) is 3. The Bertz CT molecular complexity index is 209. The first-order chi connectivity index (χ1) is 6.62. The maximum Gasteiger partial charge on any atom is 0.267 e. The molecule has 0 spiro atoms. The quantitative estimate of drug-likeness (QED) is 0.444. The van der Waals surface area contributed by atoms with Crippen LogP contribution >= 0.6 is 0 Å². The molecule has 0 N–H and O–H groups in total. The van der Waals surface area contributed by atoms with Gasteiger partial charge in [0, 0.05) is 0 Å². The van der Waals surface area contributed by atoms with Gasteiger partial charge in [0.2, 0.25) is 0 Å². The summed E-state index contributed by atoms with van der Waals surface area (Å²) in [6, 6.07) is 0. The maximum absolute atomic E-state index is 11.2. The fourth-order valence-corrected chi connectivity index (χ4v) is 2.10. The first-order valence-electron chi connectivity index (χ1n) is 5.28. The van der Waals surface area contributed by atoms with E-state index in [4.69, 9.17) is 4.18 Å². The minimum absolute atomic E-state index is 0.158. The van der Waals surface area contributed by atoms with Crippen molar-refractivity contribution in [2.24, 2.45) is 0 Å². The van der Waals surface area contributed by atoms with E-state index in [0.29, 0.717) is 13.0 Å². The zero-order chi connectivity index (χ0) is 10.9. The van der Waals surface area contributed by atoms with Crippen LogP contribution in [0.1, 0.15) is 45.4 Å². The summed E-state index contributed by atoms with van der Waals surface area (Å²) in [5.74, 6) is 0.158. The molecule has 0 aromatic rings. The molecule has 3 nitrogen and oxygen atoms in total. The van der Waals surface area contributed by atoms with Crippen molar-refractivity contribution in [1.29, 1.82) is 0 Å². The summed E-state index contributed by atoms with van der Waals surface area (Å²) < 4.78 is 27.3. The van der Waals surface area contributed by atoms with Gasteiger partial charge in [-0.25, -0.2) is 0 Å². The van der Waals surface area contributed by atoms with E-state index in [2.05, 4.69) is 6.92 Å². The van der Waals surface area contributed by atoms with Gasteiger partial charge in [0.05, 0.1) is 12.4 Å². The van der Waals surface area contributed by atoms with Gasteiger partial charge >= 0.3 is 0 Å². The third-order valence-electron chi connectivity index (χ3n) is 1.91. The predicted molar refractivity (Wildman–Crippen MR) is 58.5 cm³/mol. The monoisotopic (exact) mass is 221 g/mol. The van der Waals surface area contributed by atoms with Crippen LogP contribution in [0.5, 0.6) is 0 Å². The first-order valence-corrected chi connectivity index (χ1v) is 6.86. The van der Waals surface area contributed by atoms with Gasteiger partial charge in [0.25, 0.3) is 10.1 Å². The Kier molecular flexibility index (Phi) is 8.18. The number of unbranched alkanes of at least 4 members (excludes halogenated alkanes) is 4. The second-order valence-corrected chi connectivity index (χ2v) is 5.11. The number of hydrogen-bond donors (Lipinski definition) is 0. The molecule has 0 rings (SSSR count). The van der Waals surface area contributed by atoms with Crippen LogP contribution in [0.4, 0.5) is 0 Å². The van der Waals surface area contributed by atoms with Crippen molar-refractivity contribution in [1.82, 2.24) is 0 Å². The summed E-state index contributed by atoms with van der Waals surface area (Å²) in [7, 11) is -3.25. The topological polar surface area (TPSA) is 43.4 Å². The van der Waals surface area contributed by atoms with E-state index in [0.717, 1.165) is 32.1 Å². The molecule has 0 saturated carbocycles. The van der Waals surface area contributed by atoms with Crippen molar-refractivity contribution in [3.8, 4) is 0 Å². The Labute approximate surface area is 88.0 Å². The smallest absolute Gasteiger partial charge is 0.267 e. The van der Waals surface area contributed by atoms with Crippen LogP contribution in [0.2, 0.25) is 0 Å². The van der Waals surface area contributed by atoms with Gasteiger partial charge in [0.1, 0.15) is 0 Å². The average Bonchev–Trinajstić information content (AvgIpc) is 2.13. The van der Waals surface area contributed by atoms with E-state index >= 15 is 0 Å². The minimum atomic E-state index is -3.25. The van der Waals surface area contributed by atoms with Crippen LogP contribution in [0.3, 0.4) is 0 Å². The molecule has 85 valence electrons. The molecule has 1 radical (unpaired) electrons. The molecule has 0 fully saturated rings. The number of rotatable bonds is 9. The Morgan fingerprint density at radius 1 is 1.14 bits per heavy atom. The molecule has 0 unspecified atom stereocenters. The van der Waals surface area contributed by atoms with E-state index in [1.807, 2.05) is 6.92 Å². The molecule has 0 aliphatic carbocycles. The van der Waals surface area contributed by atoms with E-state index in [9.17, 15) is 8.42 Å². The van der Waals surface area contributed by atoms with E-state index in [1.54, 1.807) is 0 Å². The molecule has 0 atom stereocenters. The van der Waals surface area contributed by atoms with Crippen LogP contribution in [-0.4, -0.2) is 20.8 Å². The zero-order valence-electron chi connectivity index (χ0n) is 9.00. The largest absolute Gasteiger partial charge is 0.270 e. The highest BCUT2D eigenvalue weighted by atomic mass is 32.2. The normalized spacial score (nSPS) is 11.9. The van der Waals surface area contributed by atoms with E-state index in [1.165, 1.54) is 0 Å². The SMILES string of the molecule is [CH2]CCCCOS(=O)(=O)CCCCC. The summed E-state index contributed by atoms with van der Waals surface area (Å²) in [4.78, 5) is 0. The zero-order valence-corrected chi connectivity index (χ0v) is 9.81. The Hall–Kier alpha value is -0.0900. The molecule has 0 bridgehead atoms. The van der Waals surface area contributed by atoms with Gasteiger partial charge in [-0.15, -0.1) is 0 Å². The fourth-order valence-electron chi connectivity index (χ4n) is 1.05. The molecule has 0 aromatic heterocycles. The Morgan fingerprint density at radius 3 is 2.43 bits per heavy atom.